The van der Waals surface area contributed by atoms with Gasteiger partial charge >= 0.3 is 0 Å². The van der Waals surface area contributed by atoms with Crippen molar-refractivity contribution in [3.05, 3.63) is 52.3 Å². The predicted molar refractivity (Wildman–Crippen MR) is 80.4 cm³/mol. The van der Waals surface area contributed by atoms with Gasteiger partial charge in [-0.05, 0) is 19.1 Å². The molecule has 5 nitrogen and oxygen atoms in total. The van der Waals surface area contributed by atoms with Gasteiger partial charge in [-0.25, -0.2) is 4.68 Å². The molecule has 0 saturated carbocycles. The average Bonchev–Trinajstić information content (AvgIpc) is 2.76. The second kappa shape index (κ2) is 6.21. The topological polar surface area (TPSA) is 70.1 Å². The molecule has 1 aromatic carbocycles. The van der Waals surface area contributed by atoms with Gasteiger partial charge in [0.05, 0.1) is 18.5 Å². The summed E-state index contributed by atoms with van der Waals surface area (Å²) < 4.78 is 1.69. The summed E-state index contributed by atoms with van der Waals surface area (Å²) in [5.41, 5.74) is 1.47. The highest BCUT2D eigenvalue weighted by Gasteiger charge is 2.01. The minimum atomic E-state index is -0.0215. The van der Waals surface area contributed by atoms with Crippen molar-refractivity contribution < 1.29 is 10.2 Å². The maximum absolute atomic E-state index is 9.71. The maximum Gasteiger partial charge on any atom is 0.206 e. The van der Waals surface area contributed by atoms with Crippen LogP contribution in [0.25, 0.3) is 0 Å². The van der Waals surface area contributed by atoms with Crippen molar-refractivity contribution in [3.63, 3.8) is 0 Å². The summed E-state index contributed by atoms with van der Waals surface area (Å²) in [6, 6.07) is 4.36. The van der Waals surface area contributed by atoms with Crippen molar-refractivity contribution in [1.82, 2.24) is 4.68 Å². The second-order valence-electron chi connectivity index (χ2n) is 4.09. The fourth-order valence-electron chi connectivity index (χ4n) is 1.54. The van der Waals surface area contributed by atoms with Crippen LogP contribution in [0.2, 0.25) is 0 Å². The predicted octanol–water partition coefficient (Wildman–Crippen LogP) is 2.24. The molecule has 0 radical (unpaired) electrons. The first-order chi connectivity index (χ1) is 9.61. The number of rotatable bonds is 4. The van der Waals surface area contributed by atoms with Crippen LogP contribution in [-0.4, -0.2) is 27.6 Å². The third kappa shape index (κ3) is 3.16. The highest BCUT2D eigenvalue weighted by atomic mass is 32.1. The van der Waals surface area contributed by atoms with Crippen molar-refractivity contribution in [3.8, 4) is 11.5 Å². The molecule has 0 atom stereocenters. The van der Waals surface area contributed by atoms with E-state index in [4.69, 9.17) is 0 Å². The van der Waals surface area contributed by atoms with Gasteiger partial charge in [0.25, 0.3) is 0 Å². The average molecular weight is 289 g/mol. The molecule has 20 heavy (non-hydrogen) atoms. The molecule has 0 spiro atoms. The lowest BCUT2D eigenvalue weighted by atomic mass is 10.2. The van der Waals surface area contributed by atoms with E-state index in [-0.39, 0.29) is 11.5 Å². The Balaban J connectivity index is 2.36. The van der Waals surface area contributed by atoms with E-state index in [1.165, 1.54) is 29.7 Å². The third-order valence-electron chi connectivity index (χ3n) is 2.53. The Kier molecular flexibility index (Phi) is 4.37. The monoisotopic (exact) mass is 289 g/mol. The number of phenols is 2. The van der Waals surface area contributed by atoms with Gasteiger partial charge in [0.1, 0.15) is 11.5 Å². The lowest BCUT2D eigenvalue weighted by Gasteiger charge is -2.00. The molecule has 104 valence electrons. The van der Waals surface area contributed by atoms with Crippen molar-refractivity contribution in [1.29, 1.82) is 0 Å². The fraction of sp³-hybridized carbons (Fsp3) is 0.143. The Bertz CT molecular complexity index is 713. The standard InChI is InChI=1S/C14H15N3O2S/c1-3-6-15-14-17(10(2)9-20-14)16-8-11-4-5-12(18)7-13(11)19/h3-5,7-9,18-19H,1,6H2,2H3. The normalized spacial score (nSPS) is 12.2. The van der Waals surface area contributed by atoms with Crippen LogP contribution < -0.4 is 4.80 Å². The molecule has 0 aliphatic rings. The van der Waals surface area contributed by atoms with Crippen molar-refractivity contribution in [2.24, 2.45) is 10.1 Å². The summed E-state index contributed by atoms with van der Waals surface area (Å²) in [6.45, 7) is 6.09. The summed E-state index contributed by atoms with van der Waals surface area (Å²) in [4.78, 5) is 5.10. The fourth-order valence-corrected chi connectivity index (χ4v) is 2.35. The first-order valence-corrected chi connectivity index (χ1v) is 6.84. The first-order valence-electron chi connectivity index (χ1n) is 5.96. The van der Waals surface area contributed by atoms with E-state index in [0.717, 1.165) is 10.5 Å². The van der Waals surface area contributed by atoms with Crippen LogP contribution in [0.4, 0.5) is 0 Å². The van der Waals surface area contributed by atoms with E-state index in [0.29, 0.717) is 12.1 Å². The molecule has 0 fully saturated rings. The number of benzene rings is 1. The number of aromatic nitrogens is 1. The molecule has 2 rings (SSSR count). The van der Waals surface area contributed by atoms with Gasteiger partial charge in [0.15, 0.2) is 0 Å². The molecule has 0 aliphatic heterocycles. The molecule has 1 heterocycles. The third-order valence-corrected chi connectivity index (χ3v) is 3.50. The molecule has 0 unspecified atom stereocenters. The number of hydrogen-bond acceptors (Lipinski definition) is 5. The largest absolute Gasteiger partial charge is 0.508 e. The van der Waals surface area contributed by atoms with Crippen LogP contribution >= 0.6 is 11.3 Å². The molecule has 0 aliphatic carbocycles. The number of aromatic hydroxyl groups is 2. The zero-order chi connectivity index (χ0) is 14.5. The van der Waals surface area contributed by atoms with Gasteiger partial charge < -0.3 is 10.2 Å². The Morgan fingerprint density at radius 1 is 1.40 bits per heavy atom. The van der Waals surface area contributed by atoms with Crippen LogP contribution in [0.5, 0.6) is 11.5 Å². The molecule has 1 aromatic heterocycles. The quantitative estimate of drug-likeness (QED) is 0.669. The Labute approximate surface area is 120 Å². The summed E-state index contributed by atoms with van der Waals surface area (Å²) in [7, 11) is 0. The first kappa shape index (κ1) is 14.1. The van der Waals surface area contributed by atoms with E-state index < -0.39 is 0 Å². The van der Waals surface area contributed by atoms with E-state index in [2.05, 4.69) is 16.7 Å². The molecule has 6 heteroatoms. The summed E-state index contributed by atoms with van der Waals surface area (Å²) >= 11 is 1.49. The lowest BCUT2D eigenvalue weighted by molar-refractivity contribution is 0.450. The summed E-state index contributed by atoms with van der Waals surface area (Å²) in [5.74, 6) is -0.00694. The van der Waals surface area contributed by atoms with Gasteiger partial charge in [0.2, 0.25) is 4.80 Å². The van der Waals surface area contributed by atoms with E-state index in [1.807, 2.05) is 12.3 Å². The Hall–Kier alpha value is -2.34. The molecule has 0 saturated heterocycles. The number of aryl methyl sites for hydroxylation is 1. The summed E-state index contributed by atoms with van der Waals surface area (Å²) in [5, 5.41) is 25.2. The van der Waals surface area contributed by atoms with Crippen LogP contribution in [0.15, 0.2) is 46.3 Å². The van der Waals surface area contributed by atoms with Crippen molar-refractivity contribution in [2.75, 3.05) is 6.54 Å². The second-order valence-corrected chi connectivity index (χ2v) is 4.93. The number of thiazole rings is 1. The van der Waals surface area contributed by atoms with Gasteiger partial charge in [-0.2, -0.15) is 5.10 Å². The van der Waals surface area contributed by atoms with Gasteiger partial charge in [-0.3, -0.25) is 4.99 Å². The molecule has 2 N–H and O–H groups in total. The molecule has 2 aromatic rings. The van der Waals surface area contributed by atoms with E-state index in [9.17, 15) is 10.2 Å². The van der Waals surface area contributed by atoms with E-state index in [1.54, 1.807) is 16.8 Å². The summed E-state index contributed by atoms with van der Waals surface area (Å²) in [6.07, 6.45) is 3.25. The van der Waals surface area contributed by atoms with Gasteiger partial charge in [-0.15, -0.1) is 17.9 Å². The zero-order valence-electron chi connectivity index (χ0n) is 11.0. The molecule has 0 bridgehead atoms. The van der Waals surface area contributed by atoms with Crippen molar-refractivity contribution >= 4 is 17.6 Å². The van der Waals surface area contributed by atoms with E-state index >= 15 is 0 Å². The Morgan fingerprint density at radius 3 is 2.90 bits per heavy atom. The minimum Gasteiger partial charge on any atom is -0.508 e. The molecular formula is C14H15N3O2S. The Morgan fingerprint density at radius 2 is 2.20 bits per heavy atom. The van der Waals surface area contributed by atoms with Gasteiger partial charge in [0, 0.05) is 17.0 Å². The van der Waals surface area contributed by atoms with Crippen LogP contribution in [0.3, 0.4) is 0 Å². The smallest absolute Gasteiger partial charge is 0.206 e. The van der Waals surface area contributed by atoms with Crippen LogP contribution in [-0.2, 0) is 0 Å². The molecule has 0 amide bonds. The highest BCUT2D eigenvalue weighted by molar-refractivity contribution is 7.07. The van der Waals surface area contributed by atoms with Gasteiger partial charge in [-0.1, -0.05) is 6.08 Å². The minimum absolute atomic E-state index is 0.0145. The van der Waals surface area contributed by atoms with Crippen LogP contribution in [0, 0.1) is 6.92 Å². The number of hydrogen-bond donors (Lipinski definition) is 2. The number of nitrogens with zero attached hydrogens (tertiary/aromatic N) is 3. The molecular weight excluding hydrogens is 274 g/mol. The number of phenolic OH excluding ortho intramolecular Hbond substituents is 2. The van der Waals surface area contributed by atoms with Crippen molar-refractivity contribution in [2.45, 2.75) is 6.92 Å². The SMILES string of the molecule is C=CCN=c1scc(C)n1N=Cc1ccc(O)cc1O. The van der Waals surface area contributed by atoms with Crippen LogP contribution in [0.1, 0.15) is 11.3 Å². The zero-order valence-corrected chi connectivity index (χ0v) is 11.8. The maximum atomic E-state index is 9.71. The lowest BCUT2D eigenvalue weighted by Crippen LogP contribution is -2.12. The highest BCUT2D eigenvalue weighted by Crippen LogP contribution is 2.20.